The first-order valence-electron chi connectivity index (χ1n) is 9.77. The summed E-state index contributed by atoms with van der Waals surface area (Å²) in [4.78, 5) is 20.4. The first kappa shape index (κ1) is 20.2. The van der Waals surface area contributed by atoms with Gasteiger partial charge in [0.1, 0.15) is 0 Å². The lowest BCUT2D eigenvalue weighted by molar-refractivity contribution is -0.142. The molecule has 1 amide bonds. The maximum Gasteiger partial charge on any atom is 0.226 e. The van der Waals surface area contributed by atoms with Crippen LogP contribution in [0.15, 0.2) is 0 Å². The van der Waals surface area contributed by atoms with Gasteiger partial charge in [0.25, 0.3) is 0 Å². The highest BCUT2D eigenvalue weighted by Gasteiger charge is 2.54. The highest BCUT2D eigenvalue weighted by molar-refractivity contribution is 7.15. The van der Waals surface area contributed by atoms with Gasteiger partial charge in [0, 0.05) is 30.8 Å². The van der Waals surface area contributed by atoms with E-state index in [4.69, 9.17) is 11.4 Å². The third kappa shape index (κ3) is 3.36. The number of anilines is 1. The maximum absolute atomic E-state index is 12.7. The molecule has 1 aromatic heterocycles. The fraction of sp³-hybridized carbons (Fsp3) is 0.714. The van der Waals surface area contributed by atoms with E-state index in [1.807, 2.05) is 14.0 Å². The highest BCUT2D eigenvalue weighted by Crippen LogP contribution is 2.57. The SMILES string of the molecule is C#CCN(C)C(=O)C(C)C1CCC2(C)Cc3sc(NC)nc3C(C)C2C1O. The van der Waals surface area contributed by atoms with E-state index in [9.17, 15) is 9.90 Å². The van der Waals surface area contributed by atoms with Gasteiger partial charge in [0.2, 0.25) is 5.91 Å². The molecule has 5 nitrogen and oxygen atoms in total. The molecule has 6 heteroatoms. The van der Waals surface area contributed by atoms with E-state index in [1.165, 1.54) is 4.88 Å². The lowest BCUT2D eigenvalue weighted by Crippen LogP contribution is -2.53. The summed E-state index contributed by atoms with van der Waals surface area (Å²) in [6.07, 6.45) is 7.69. The second-order valence-corrected chi connectivity index (χ2v) is 9.69. The number of hydrogen-bond acceptors (Lipinski definition) is 5. The third-order valence-electron chi connectivity index (χ3n) is 6.87. The Morgan fingerprint density at radius 1 is 1.59 bits per heavy atom. The summed E-state index contributed by atoms with van der Waals surface area (Å²) < 4.78 is 0. The standard InChI is InChI=1S/C21H31N3O2S/c1-7-10-24(6)19(26)12(2)14-8-9-21(4)11-15-17(23-20(22-5)27-15)13(3)16(21)18(14)25/h1,12-14,16,18,25H,8-11H2,2-6H3,(H,22,23). The first-order chi connectivity index (χ1) is 12.7. The Balaban J connectivity index is 1.86. The van der Waals surface area contributed by atoms with Crippen molar-refractivity contribution in [3.05, 3.63) is 10.6 Å². The van der Waals surface area contributed by atoms with Crippen LogP contribution in [0.5, 0.6) is 0 Å². The first-order valence-corrected chi connectivity index (χ1v) is 10.6. The quantitative estimate of drug-likeness (QED) is 0.777. The topological polar surface area (TPSA) is 65.5 Å². The van der Waals surface area contributed by atoms with Gasteiger partial charge in [0.05, 0.1) is 18.3 Å². The number of nitrogens with zero attached hydrogens (tertiary/aromatic N) is 2. The van der Waals surface area contributed by atoms with E-state index < -0.39 is 6.10 Å². The predicted octanol–water partition coefficient (Wildman–Crippen LogP) is 2.97. The number of carbonyl (C=O) groups is 1. The molecule has 2 N–H and O–H groups in total. The monoisotopic (exact) mass is 389 g/mol. The second-order valence-electron chi connectivity index (χ2n) is 8.60. The van der Waals surface area contributed by atoms with Gasteiger partial charge in [0.15, 0.2) is 5.13 Å². The van der Waals surface area contributed by atoms with E-state index in [0.29, 0.717) is 6.54 Å². The third-order valence-corrected chi connectivity index (χ3v) is 7.96. The molecule has 0 radical (unpaired) electrons. The number of hydrogen-bond donors (Lipinski definition) is 2. The average molecular weight is 390 g/mol. The van der Waals surface area contributed by atoms with Crippen LogP contribution < -0.4 is 5.32 Å². The maximum atomic E-state index is 12.7. The minimum Gasteiger partial charge on any atom is -0.392 e. The molecule has 1 saturated carbocycles. The van der Waals surface area contributed by atoms with Crippen molar-refractivity contribution < 1.29 is 9.90 Å². The highest BCUT2D eigenvalue weighted by atomic mass is 32.1. The number of fused-ring (bicyclic) bond motifs is 2. The van der Waals surface area contributed by atoms with Crippen molar-refractivity contribution in [1.82, 2.24) is 9.88 Å². The Bertz CT molecular complexity index is 755. The zero-order valence-corrected chi connectivity index (χ0v) is 17.8. The minimum absolute atomic E-state index is 0.0240. The van der Waals surface area contributed by atoms with Gasteiger partial charge in [-0.3, -0.25) is 4.79 Å². The number of amides is 1. The molecule has 148 valence electrons. The van der Waals surface area contributed by atoms with Crippen molar-refractivity contribution >= 4 is 22.4 Å². The van der Waals surface area contributed by atoms with Crippen LogP contribution in [0.3, 0.4) is 0 Å². The Hall–Kier alpha value is -1.58. The van der Waals surface area contributed by atoms with Crippen LogP contribution >= 0.6 is 11.3 Å². The van der Waals surface area contributed by atoms with Gasteiger partial charge in [-0.15, -0.1) is 17.8 Å². The molecular formula is C21H31N3O2S. The molecule has 0 bridgehead atoms. The minimum atomic E-state index is -0.509. The molecule has 3 rings (SSSR count). The number of aliphatic hydroxyl groups excluding tert-OH is 1. The van der Waals surface area contributed by atoms with E-state index in [1.54, 1.807) is 23.3 Å². The number of terminal acetylenes is 1. The molecule has 0 saturated heterocycles. The van der Waals surface area contributed by atoms with E-state index >= 15 is 0 Å². The van der Waals surface area contributed by atoms with Gasteiger partial charge in [-0.25, -0.2) is 4.98 Å². The predicted molar refractivity (Wildman–Crippen MR) is 110 cm³/mol. The summed E-state index contributed by atoms with van der Waals surface area (Å²) in [6.45, 7) is 6.72. The molecule has 2 aliphatic carbocycles. The molecule has 0 aromatic carbocycles. The molecule has 2 aliphatic rings. The summed E-state index contributed by atoms with van der Waals surface area (Å²) in [7, 11) is 3.64. The Morgan fingerprint density at radius 3 is 2.93 bits per heavy atom. The Kier molecular flexibility index (Phi) is 5.56. The fourth-order valence-electron chi connectivity index (χ4n) is 5.40. The normalized spacial score (nSPS) is 33.4. The van der Waals surface area contributed by atoms with Crippen LogP contribution in [0.2, 0.25) is 0 Å². The number of rotatable bonds is 4. The average Bonchev–Trinajstić information content (AvgIpc) is 3.03. The lowest BCUT2D eigenvalue weighted by atomic mass is 9.53. The van der Waals surface area contributed by atoms with Crippen LogP contribution in [-0.4, -0.2) is 47.6 Å². The molecule has 6 unspecified atom stereocenters. The zero-order chi connectivity index (χ0) is 19.9. The fourth-order valence-corrected chi connectivity index (χ4v) is 6.62. The van der Waals surface area contributed by atoms with Crippen LogP contribution in [0.1, 0.15) is 50.1 Å². The molecule has 1 fully saturated rings. The number of aromatic nitrogens is 1. The summed E-state index contributed by atoms with van der Waals surface area (Å²) in [5, 5.41) is 15.5. The van der Waals surface area contributed by atoms with Gasteiger partial charge in [-0.2, -0.15) is 0 Å². The number of thiazole rings is 1. The van der Waals surface area contributed by atoms with Crippen molar-refractivity contribution in [2.45, 2.75) is 52.1 Å². The van der Waals surface area contributed by atoms with Gasteiger partial charge in [-0.1, -0.05) is 26.7 Å². The van der Waals surface area contributed by atoms with Crippen molar-refractivity contribution in [2.75, 3.05) is 26.0 Å². The van der Waals surface area contributed by atoms with Crippen molar-refractivity contribution in [3.8, 4) is 12.3 Å². The van der Waals surface area contributed by atoms with E-state index in [2.05, 4.69) is 25.1 Å². The molecule has 1 heterocycles. The van der Waals surface area contributed by atoms with Crippen LogP contribution in [-0.2, 0) is 11.2 Å². The van der Waals surface area contributed by atoms with E-state index in [0.717, 1.165) is 30.1 Å². The van der Waals surface area contributed by atoms with Crippen LogP contribution in [0.4, 0.5) is 5.13 Å². The molecule has 1 aromatic rings. The second kappa shape index (κ2) is 7.44. The van der Waals surface area contributed by atoms with Gasteiger partial charge >= 0.3 is 0 Å². The molecule has 27 heavy (non-hydrogen) atoms. The largest absolute Gasteiger partial charge is 0.392 e. The number of carbonyl (C=O) groups excluding carboxylic acids is 1. The van der Waals surface area contributed by atoms with Crippen molar-refractivity contribution in [2.24, 2.45) is 23.2 Å². The smallest absolute Gasteiger partial charge is 0.226 e. The van der Waals surface area contributed by atoms with Crippen LogP contribution in [0, 0.1) is 35.5 Å². The molecule has 0 spiro atoms. The summed E-state index contributed by atoms with van der Waals surface area (Å²) in [6, 6.07) is 0. The Morgan fingerprint density at radius 2 is 2.30 bits per heavy atom. The zero-order valence-electron chi connectivity index (χ0n) is 17.0. The molecular weight excluding hydrogens is 358 g/mol. The van der Waals surface area contributed by atoms with Crippen molar-refractivity contribution in [1.29, 1.82) is 0 Å². The van der Waals surface area contributed by atoms with Gasteiger partial charge < -0.3 is 15.3 Å². The summed E-state index contributed by atoms with van der Waals surface area (Å²) >= 11 is 1.73. The Labute approximate surface area is 166 Å². The number of aliphatic hydroxyl groups is 1. The number of nitrogens with one attached hydrogen (secondary N) is 1. The summed E-state index contributed by atoms with van der Waals surface area (Å²) in [5.41, 5.74) is 1.17. The van der Waals surface area contributed by atoms with Crippen molar-refractivity contribution in [3.63, 3.8) is 0 Å². The molecule has 0 aliphatic heterocycles. The lowest BCUT2D eigenvalue weighted by Gasteiger charge is -2.53. The van der Waals surface area contributed by atoms with Crippen LogP contribution in [0.25, 0.3) is 0 Å². The molecule has 6 atom stereocenters. The van der Waals surface area contributed by atoms with E-state index in [-0.39, 0.29) is 35.0 Å². The summed E-state index contributed by atoms with van der Waals surface area (Å²) in [5.74, 6) is 2.57. The van der Waals surface area contributed by atoms with Gasteiger partial charge in [-0.05, 0) is 36.5 Å².